The van der Waals surface area contributed by atoms with Crippen molar-refractivity contribution in [3.8, 4) is 5.75 Å². The van der Waals surface area contributed by atoms with Crippen LogP contribution in [0.3, 0.4) is 0 Å². The van der Waals surface area contributed by atoms with E-state index in [-0.39, 0.29) is 29.5 Å². The smallest absolute Gasteiger partial charge is 0.346 e. The van der Waals surface area contributed by atoms with Crippen LogP contribution in [0.5, 0.6) is 5.75 Å². The Labute approximate surface area is 174 Å². The molecule has 3 aliphatic rings. The number of hydrogen-bond acceptors (Lipinski definition) is 5. The molecule has 0 N–H and O–H groups in total. The summed E-state index contributed by atoms with van der Waals surface area (Å²) in [7, 11) is 0. The Balaban J connectivity index is 1.31. The van der Waals surface area contributed by atoms with Gasteiger partial charge in [0.2, 0.25) is 0 Å². The molecule has 3 heterocycles. The minimum Gasteiger partial charge on any atom is -0.485 e. The standard InChI is InChI=1S/C24H23NO5/c1-13(12-25-22(26)17-5-3-4-6-18(17)23(25)27)15-7-8-16-10-19-21(30-20(16)11-15)9-14(2)29-24(19)28/h3-6,9-10,13,15,20H,7-8,11-12H2,1-2H3/t13?,15-,20-/m0/s1. The predicted molar refractivity (Wildman–Crippen MR) is 110 cm³/mol. The van der Waals surface area contributed by atoms with E-state index in [9.17, 15) is 14.4 Å². The summed E-state index contributed by atoms with van der Waals surface area (Å²) >= 11 is 0. The van der Waals surface area contributed by atoms with Crippen LogP contribution in [0.2, 0.25) is 0 Å². The molecular formula is C24H23NO5. The Kier molecular flexibility index (Phi) is 4.38. The molecule has 154 valence electrons. The Morgan fingerprint density at radius 3 is 2.53 bits per heavy atom. The van der Waals surface area contributed by atoms with Crippen LogP contribution in [0, 0.1) is 18.8 Å². The van der Waals surface area contributed by atoms with Crippen molar-refractivity contribution in [2.24, 2.45) is 11.8 Å². The number of benzene rings is 1. The molecule has 0 saturated heterocycles. The van der Waals surface area contributed by atoms with Crippen molar-refractivity contribution in [3.63, 3.8) is 0 Å². The largest absolute Gasteiger partial charge is 0.485 e. The van der Waals surface area contributed by atoms with Crippen LogP contribution in [0.15, 0.2) is 45.1 Å². The minimum absolute atomic E-state index is 0.0814. The Morgan fingerprint density at radius 1 is 1.13 bits per heavy atom. The number of carbonyl (C=O) groups is 2. The minimum atomic E-state index is -0.364. The third-order valence-electron chi connectivity index (χ3n) is 6.56. The van der Waals surface area contributed by atoms with Gasteiger partial charge in [-0.3, -0.25) is 14.5 Å². The van der Waals surface area contributed by atoms with Crippen LogP contribution < -0.4 is 10.4 Å². The number of rotatable bonds is 3. The first-order chi connectivity index (χ1) is 14.4. The lowest BCUT2D eigenvalue weighted by atomic mass is 9.76. The van der Waals surface area contributed by atoms with Crippen molar-refractivity contribution in [1.82, 2.24) is 4.90 Å². The van der Waals surface area contributed by atoms with Gasteiger partial charge in [0.25, 0.3) is 11.8 Å². The first-order valence-corrected chi connectivity index (χ1v) is 10.4. The molecule has 30 heavy (non-hydrogen) atoms. The highest BCUT2D eigenvalue weighted by Crippen LogP contribution is 2.40. The number of aryl methyl sites for hydroxylation is 1. The van der Waals surface area contributed by atoms with Crippen molar-refractivity contribution < 1.29 is 18.7 Å². The van der Waals surface area contributed by atoms with E-state index in [2.05, 4.69) is 6.92 Å². The first kappa shape index (κ1) is 18.9. The van der Waals surface area contributed by atoms with Gasteiger partial charge in [0.1, 0.15) is 23.2 Å². The molecule has 1 unspecified atom stereocenters. The van der Waals surface area contributed by atoms with Gasteiger partial charge in [0, 0.05) is 12.6 Å². The van der Waals surface area contributed by atoms with Gasteiger partial charge in [0.05, 0.1) is 11.1 Å². The molecule has 1 saturated carbocycles. The van der Waals surface area contributed by atoms with Gasteiger partial charge < -0.3 is 9.15 Å². The summed E-state index contributed by atoms with van der Waals surface area (Å²) in [5, 5.41) is 0. The highest BCUT2D eigenvalue weighted by Gasteiger charge is 2.39. The number of ether oxygens (including phenoxy) is 1. The molecule has 6 heteroatoms. The van der Waals surface area contributed by atoms with Crippen LogP contribution in [-0.4, -0.2) is 29.4 Å². The molecule has 6 nitrogen and oxygen atoms in total. The fraction of sp³-hybridized carbons (Fsp3) is 0.375. The van der Waals surface area contributed by atoms with Crippen molar-refractivity contribution >= 4 is 17.9 Å². The highest BCUT2D eigenvalue weighted by atomic mass is 16.5. The molecule has 5 rings (SSSR count). The van der Waals surface area contributed by atoms with Gasteiger partial charge in [-0.25, -0.2) is 4.79 Å². The first-order valence-electron chi connectivity index (χ1n) is 10.4. The fourth-order valence-corrected chi connectivity index (χ4v) is 4.86. The van der Waals surface area contributed by atoms with E-state index in [0.29, 0.717) is 40.7 Å². The number of nitrogens with zero attached hydrogens (tertiary/aromatic N) is 1. The molecule has 0 bridgehead atoms. The number of hydrogen-bond donors (Lipinski definition) is 0. The molecule has 1 aromatic heterocycles. The van der Waals surface area contributed by atoms with Gasteiger partial charge in [-0.2, -0.15) is 0 Å². The second kappa shape index (κ2) is 6.97. The zero-order chi connectivity index (χ0) is 21.0. The average Bonchev–Trinajstić information content (AvgIpc) is 2.97. The van der Waals surface area contributed by atoms with Crippen LogP contribution in [0.4, 0.5) is 0 Å². The molecule has 1 aliphatic carbocycles. The molecule has 2 aromatic rings. The summed E-state index contributed by atoms with van der Waals surface area (Å²) in [4.78, 5) is 38.9. The van der Waals surface area contributed by atoms with Crippen molar-refractivity contribution in [2.75, 3.05) is 6.54 Å². The molecule has 2 amide bonds. The van der Waals surface area contributed by atoms with Gasteiger partial charge in [-0.15, -0.1) is 0 Å². The molecule has 3 atom stereocenters. The van der Waals surface area contributed by atoms with Gasteiger partial charge in [-0.1, -0.05) is 19.1 Å². The van der Waals surface area contributed by atoms with Crippen LogP contribution in [0.1, 0.15) is 58.2 Å². The van der Waals surface area contributed by atoms with E-state index >= 15 is 0 Å². The molecular weight excluding hydrogens is 382 g/mol. The maximum Gasteiger partial charge on any atom is 0.346 e. The average molecular weight is 405 g/mol. The summed E-state index contributed by atoms with van der Waals surface area (Å²) in [6.45, 7) is 4.23. The highest BCUT2D eigenvalue weighted by molar-refractivity contribution is 6.21. The Bertz CT molecular complexity index is 1110. The molecule has 1 fully saturated rings. The lowest BCUT2D eigenvalue weighted by Gasteiger charge is -2.37. The van der Waals surface area contributed by atoms with Crippen molar-refractivity contribution in [2.45, 2.75) is 39.2 Å². The normalized spacial score (nSPS) is 23.3. The van der Waals surface area contributed by atoms with E-state index in [0.717, 1.165) is 24.8 Å². The van der Waals surface area contributed by atoms with E-state index in [1.165, 1.54) is 4.90 Å². The number of amides is 2. The third kappa shape index (κ3) is 2.98. The quantitative estimate of drug-likeness (QED) is 0.726. The number of carbonyl (C=O) groups excluding carboxylic acids is 2. The Morgan fingerprint density at radius 2 is 1.83 bits per heavy atom. The zero-order valence-corrected chi connectivity index (χ0v) is 17.0. The van der Waals surface area contributed by atoms with Crippen LogP contribution in [0.25, 0.3) is 6.08 Å². The van der Waals surface area contributed by atoms with Crippen molar-refractivity contribution in [3.05, 3.63) is 68.8 Å². The topological polar surface area (TPSA) is 76.8 Å². The van der Waals surface area contributed by atoms with Crippen LogP contribution in [-0.2, 0) is 0 Å². The Hall–Kier alpha value is -3.15. The van der Waals surface area contributed by atoms with E-state index in [1.54, 1.807) is 37.3 Å². The van der Waals surface area contributed by atoms with E-state index in [4.69, 9.17) is 9.15 Å². The maximum atomic E-state index is 12.7. The second-order valence-electron chi connectivity index (χ2n) is 8.53. The zero-order valence-electron chi connectivity index (χ0n) is 17.0. The number of fused-ring (bicyclic) bond motifs is 3. The monoisotopic (exact) mass is 405 g/mol. The van der Waals surface area contributed by atoms with Gasteiger partial charge >= 0.3 is 5.63 Å². The maximum absolute atomic E-state index is 12.7. The van der Waals surface area contributed by atoms with E-state index in [1.807, 2.05) is 6.08 Å². The summed E-state index contributed by atoms with van der Waals surface area (Å²) in [6.07, 6.45) is 4.40. The SMILES string of the molecule is Cc1cc2c(c(=O)o1)C=C1CC[C@H](C(C)CN3C(=O)c4ccccc4C3=O)C[C@@H]1O2. The van der Waals surface area contributed by atoms with E-state index < -0.39 is 0 Å². The van der Waals surface area contributed by atoms with Crippen molar-refractivity contribution in [1.29, 1.82) is 0 Å². The number of imide groups is 1. The fourth-order valence-electron chi connectivity index (χ4n) is 4.86. The summed E-state index contributed by atoms with van der Waals surface area (Å²) in [5.74, 6) is 1.17. The molecule has 2 aliphatic heterocycles. The summed E-state index contributed by atoms with van der Waals surface area (Å²) in [5.41, 5.74) is 2.22. The van der Waals surface area contributed by atoms with Gasteiger partial charge in [-0.05, 0) is 61.8 Å². The lowest BCUT2D eigenvalue weighted by molar-refractivity contribution is 0.0592. The summed E-state index contributed by atoms with van der Waals surface area (Å²) in [6, 6.07) is 8.75. The van der Waals surface area contributed by atoms with Gasteiger partial charge in [0.15, 0.2) is 0 Å². The third-order valence-corrected chi connectivity index (χ3v) is 6.56. The van der Waals surface area contributed by atoms with Crippen LogP contribution >= 0.6 is 0 Å². The second-order valence-corrected chi connectivity index (χ2v) is 8.53. The summed E-state index contributed by atoms with van der Waals surface area (Å²) < 4.78 is 11.4. The molecule has 0 radical (unpaired) electrons. The molecule has 1 aromatic carbocycles. The predicted octanol–water partition coefficient (Wildman–Crippen LogP) is 3.83. The molecule has 0 spiro atoms. The lowest BCUT2D eigenvalue weighted by Crippen LogP contribution is -2.39.